The first kappa shape index (κ1) is 23.0. The van der Waals surface area contributed by atoms with Gasteiger partial charge in [-0.15, -0.1) is 0 Å². The van der Waals surface area contributed by atoms with Crippen LogP contribution in [0.3, 0.4) is 0 Å². The van der Waals surface area contributed by atoms with E-state index in [1.165, 1.54) is 10.9 Å². The number of alkyl carbamates (subject to hydrolysis) is 1. The lowest BCUT2D eigenvalue weighted by Crippen LogP contribution is -2.44. The zero-order valence-electron chi connectivity index (χ0n) is 18.9. The van der Waals surface area contributed by atoms with Crippen LogP contribution in [0, 0.1) is 0 Å². The van der Waals surface area contributed by atoms with Gasteiger partial charge in [0.2, 0.25) is 5.91 Å². The van der Waals surface area contributed by atoms with Gasteiger partial charge in [-0.05, 0) is 28.7 Å². The van der Waals surface area contributed by atoms with Crippen molar-refractivity contribution in [2.45, 2.75) is 31.7 Å². The third-order valence-electron chi connectivity index (χ3n) is 5.83. The van der Waals surface area contributed by atoms with Crippen LogP contribution in [0.25, 0.3) is 11.1 Å². The van der Waals surface area contributed by atoms with Gasteiger partial charge in [0.15, 0.2) is 5.82 Å². The lowest BCUT2D eigenvalue weighted by molar-refractivity contribution is -0.118. The Morgan fingerprint density at radius 2 is 1.71 bits per heavy atom. The third kappa shape index (κ3) is 4.63. The zero-order valence-corrected chi connectivity index (χ0v) is 18.9. The van der Waals surface area contributed by atoms with E-state index in [2.05, 4.69) is 27.9 Å². The van der Waals surface area contributed by atoms with Gasteiger partial charge in [-0.1, -0.05) is 61.9 Å². The number of carboxylic acids is 1. The van der Waals surface area contributed by atoms with Crippen LogP contribution in [0.15, 0.2) is 54.7 Å². The molecule has 0 fully saturated rings. The van der Waals surface area contributed by atoms with E-state index >= 15 is 0 Å². The number of carboxylic acid groups (broad SMARTS) is 1. The van der Waals surface area contributed by atoms with Crippen molar-refractivity contribution in [3.8, 4) is 11.1 Å². The predicted octanol–water partition coefficient (Wildman–Crippen LogP) is 3.76. The van der Waals surface area contributed by atoms with Crippen molar-refractivity contribution in [3.05, 3.63) is 71.4 Å². The minimum absolute atomic E-state index is 0.0737. The summed E-state index contributed by atoms with van der Waals surface area (Å²) in [7, 11) is 1.56. The number of aromatic carboxylic acids is 1. The number of rotatable bonds is 8. The molecule has 4 rings (SSSR count). The smallest absolute Gasteiger partial charge is 0.407 e. The first-order valence-corrected chi connectivity index (χ1v) is 11.1. The monoisotopic (exact) mass is 462 g/mol. The van der Waals surface area contributed by atoms with Crippen LogP contribution in [0.1, 0.15) is 47.2 Å². The number of aryl methyl sites for hydroxylation is 1. The molecule has 2 amide bonds. The highest BCUT2D eigenvalue weighted by atomic mass is 16.5. The van der Waals surface area contributed by atoms with Crippen molar-refractivity contribution < 1.29 is 24.2 Å². The molecule has 34 heavy (non-hydrogen) atoms. The van der Waals surface area contributed by atoms with Crippen molar-refractivity contribution in [2.24, 2.45) is 7.05 Å². The fourth-order valence-electron chi connectivity index (χ4n) is 4.28. The molecule has 1 unspecified atom stereocenters. The summed E-state index contributed by atoms with van der Waals surface area (Å²) in [6.45, 7) is 2.01. The number of ether oxygens (including phenoxy) is 1. The van der Waals surface area contributed by atoms with E-state index in [1.54, 1.807) is 7.05 Å². The largest absolute Gasteiger partial charge is 0.477 e. The Bertz CT molecular complexity index is 1190. The van der Waals surface area contributed by atoms with Gasteiger partial charge < -0.3 is 20.5 Å². The number of hydrogen-bond donors (Lipinski definition) is 3. The summed E-state index contributed by atoms with van der Waals surface area (Å²) < 4.78 is 6.84. The van der Waals surface area contributed by atoms with E-state index in [4.69, 9.17) is 4.74 Å². The summed E-state index contributed by atoms with van der Waals surface area (Å²) in [6.07, 6.45) is 1.56. The molecule has 0 saturated carbocycles. The van der Waals surface area contributed by atoms with Gasteiger partial charge in [0.1, 0.15) is 18.2 Å². The molecule has 9 nitrogen and oxygen atoms in total. The molecule has 176 valence electrons. The van der Waals surface area contributed by atoms with Crippen molar-refractivity contribution in [1.29, 1.82) is 0 Å². The molecule has 1 atom stereocenters. The molecule has 1 aliphatic carbocycles. The van der Waals surface area contributed by atoms with E-state index in [9.17, 15) is 19.5 Å². The number of hydrogen-bond acceptors (Lipinski definition) is 5. The quantitative estimate of drug-likeness (QED) is 0.468. The van der Waals surface area contributed by atoms with Gasteiger partial charge in [0.05, 0.1) is 0 Å². The number of anilines is 1. The van der Waals surface area contributed by atoms with Crippen LogP contribution in [0.4, 0.5) is 10.6 Å². The van der Waals surface area contributed by atoms with E-state index in [0.717, 1.165) is 22.3 Å². The maximum atomic E-state index is 12.8. The van der Waals surface area contributed by atoms with Gasteiger partial charge in [-0.2, -0.15) is 5.10 Å². The Morgan fingerprint density at radius 1 is 1.09 bits per heavy atom. The number of nitrogens with zero attached hydrogens (tertiary/aromatic N) is 2. The number of amides is 2. The molecule has 0 bridgehead atoms. The van der Waals surface area contributed by atoms with Crippen LogP contribution in [0.5, 0.6) is 0 Å². The minimum atomic E-state index is -1.21. The van der Waals surface area contributed by atoms with Crippen molar-refractivity contribution >= 4 is 23.8 Å². The van der Waals surface area contributed by atoms with Crippen molar-refractivity contribution in [1.82, 2.24) is 15.1 Å². The number of nitrogens with one attached hydrogen (secondary N) is 2. The minimum Gasteiger partial charge on any atom is -0.477 e. The SMILES string of the molecule is CCCC(NC(=O)OCC1c2ccccc2-c2ccccc21)C(=O)Nc1nn(C)cc1C(=O)O. The lowest BCUT2D eigenvalue weighted by Gasteiger charge is -2.19. The maximum Gasteiger partial charge on any atom is 0.407 e. The molecular weight excluding hydrogens is 436 g/mol. The van der Waals surface area contributed by atoms with Gasteiger partial charge in [-0.25, -0.2) is 9.59 Å². The second-order valence-electron chi connectivity index (χ2n) is 8.17. The van der Waals surface area contributed by atoms with Crippen molar-refractivity contribution in [2.75, 3.05) is 11.9 Å². The number of fused-ring (bicyclic) bond motifs is 3. The second-order valence-corrected chi connectivity index (χ2v) is 8.17. The maximum absolute atomic E-state index is 12.8. The summed E-state index contributed by atoms with van der Waals surface area (Å²) in [5.74, 6) is -1.94. The Hall–Kier alpha value is -4.14. The Morgan fingerprint density at radius 3 is 2.29 bits per heavy atom. The second kappa shape index (κ2) is 9.78. The molecule has 0 saturated heterocycles. The van der Waals surface area contributed by atoms with E-state index < -0.39 is 24.0 Å². The van der Waals surface area contributed by atoms with E-state index in [1.807, 2.05) is 43.3 Å². The number of carbonyl (C=O) groups is 3. The number of benzene rings is 2. The van der Waals surface area contributed by atoms with Crippen LogP contribution in [0.2, 0.25) is 0 Å². The summed E-state index contributed by atoms with van der Waals surface area (Å²) >= 11 is 0. The normalized spacial score (nSPS) is 13.0. The fourth-order valence-corrected chi connectivity index (χ4v) is 4.28. The highest BCUT2D eigenvalue weighted by Crippen LogP contribution is 2.44. The molecule has 1 aromatic heterocycles. The molecule has 1 aliphatic rings. The highest BCUT2D eigenvalue weighted by Gasteiger charge is 2.30. The van der Waals surface area contributed by atoms with Crippen LogP contribution < -0.4 is 10.6 Å². The van der Waals surface area contributed by atoms with Gasteiger partial charge in [-0.3, -0.25) is 9.48 Å². The Labute approximate surface area is 196 Å². The molecule has 3 N–H and O–H groups in total. The number of aromatic nitrogens is 2. The van der Waals surface area contributed by atoms with E-state index in [0.29, 0.717) is 12.8 Å². The molecule has 0 spiro atoms. The Kier molecular flexibility index (Phi) is 6.62. The summed E-state index contributed by atoms with van der Waals surface area (Å²) in [6, 6.07) is 15.2. The molecular formula is C25H26N4O5. The molecule has 3 aromatic rings. The Balaban J connectivity index is 1.42. The number of carbonyl (C=O) groups excluding carboxylic acids is 2. The van der Waals surface area contributed by atoms with Gasteiger partial charge >= 0.3 is 12.1 Å². The first-order chi connectivity index (χ1) is 16.4. The van der Waals surface area contributed by atoms with Crippen LogP contribution in [-0.2, 0) is 16.6 Å². The standard InChI is InChI=1S/C25H26N4O5/c1-3-8-21(23(30)27-22-19(24(31)32)13-29(2)28-22)26-25(33)34-14-20-17-11-6-4-9-15(17)16-10-5-7-12-18(16)20/h4-7,9-13,20-21H,3,8,14H2,1-2H3,(H,26,33)(H,31,32)(H,27,28,30). The van der Waals surface area contributed by atoms with Gasteiger partial charge in [0, 0.05) is 19.2 Å². The molecule has 1 heterocycles. The van der Waals surface area contributed by atoms with Crippen LogP contribution >= 0.6 is 0 Å². The first-order valence-electron chi connectivity index (χ1n) is 11.1. The average molecular weight is 463 g/mol. The summed E-state index contributed by atoms with van der Waals surface area (Å²) in [4.78, 5) is 36.8. The lowest BCUT2D eigenvalue weighted by atomic mass is 9.98. The highest BCUT2D eigenvalue weighted by molar-refractivity contribution is 6.01. The van der Waals surface area contributed by atoms with Crippen LogP contribution in [-0.4, -0.2) is 45.5 Å². The third-order valence-corrected chi connectivity index (χ3v) is 5.83. The topological polar surface area (TPSA) is 123 Å². The zero-order chi connectivity index (χ0) is 24.2. The average Bonchev–Trinajstić information content (AvgIpc) is 3.35. The van der Waals surface area contributed by atoms with Crippen molar-refractivity contribution in [3.63, 3.8) is 0 Å². The summed E-state index contributed by atoms with van der Waals surface area (Å²) in [5, 5.41) is 18.4. The van der Waals surface area contributed by atoms with E-state index in [-0.39, 0.29) is 23.9 Å². The molecule has 0 radical (unpaired) electrons. The molecule has 0 aliphatic heterocycles. The van der Waals surface area contributed by atoms with Gasteiger partial charge in [0.25, 0.3) is 0 Å². The molecule has 9 heteroatoms. The fraction of sp³-hybridized carbons (Fsp3) is 0.280. The summed E-state index contributed by atoms with van der Waals surface area (Å²) in [5.41, 5.74) is 4.30. The predicted molar refractivity (Wildman–Crippen MR) is 126 cm³/mol. The molecule has 2 aromatic carbocycles.